The molecule has 0 saturated heterocycles. The fourth-order valence-electron chi connectivity index (χ4n) is 0.161. The molecular formula is C5H8NO2-. The molecule has 0 spiro atoms. The van der Waals surface area contributed by atoms with Crippen LogP contribution in [0.1, 0.15) is 13.8 Å². The molecule has 0 bridgehead atoms. The van der Waals surface area contributed by atoms with Gasteiger partial charge >= 0.3 is 0 Å². The van der Waals surface area contributed by atoms with E-state index in [9.17, 15) is 9.90 Å². The standard InChI is InChI=1S/C5H9NO2/c1-3(4(2)6)5(7)8/h6H2,1-2H3,(H,7,8)/p-1. The molecule has 0 rings (SSSR count). The van der Waals surface area contributed by atoms with Crippen molar-refractivity contribution in [1.82, 2.24) is 0 Å². The molecule has 0 aliphatic rings. The molecule has 0 amide bonds. The first kappa shape index (κ1) is 7.01. The van der Waals surface area contributed by atoms with Crippen LogP contribution in [0.4, 0.5) is 0 Å². The first-order valence-corrected chi connectivity index (χ1v) is 2.20. The Balaban J connectivity index is 4.23. The van der Waals surface area contributed by atoms with Gasteiger partial charge in [-0.25, -0.2) is 0 Å². The Morgan fingerprint density at radius 1 is 1.50 bits per heavy atom. The summed E-state index contributed by atoms with van der Waals surface area (Å²) in [5.74, 6) is -1.20. The molecule has 0 aliphatic carbocycles. The SMILES string of the molecule is CC(N)=C(C)C(=O)[O-]. The Bertz CT molecular complexity index is 133. The number of hydrogen-bond acceptors (Lipinski definition) is 3. The maximum atomic E-state index is 9.89. The number of aliphatic carboxylic acids is 1. The number of hydrogen-bond donors (Lipinski definition) is 1. The van der Waals surface area contributed by atoms with Crippen LogP contribution in [-0.2, 0) is 4.79 Å². The summed E-state index contributed by atoms with van der Waals surface area (Å²) in [4.78, 5) is 9.89. The topological polar surface area (TPSA) is 66.2 Å². The van der Waals surface area contributed by atoms with E-state index in [0.29, 0.717) is 5.70 Å². The Labute approximate surface area is 47.8 Å². The molecule has 8 heavy (non-hydrogen) atoms. The summed E-state index contributed by atoms with van der Waals surface area (Å²) in [7, 11) is 0. The number of allylic oxidation sites excluding steroid dienone is 1. The zero-order valence-corrected chi connectivity index (χ0v) is 4.89. The summed E-state index contributed by atoms with van der Waals surface area (Å²) in [6.07, 6.45) is 0. The number of carboxylic acids is 1. The van der Waals surface area contributed by atoms with Gasteiger partial charge in [-0.1, -0.05) is 0 Å². The van der Waals surface area contributed by atoms with E-state index in [-0.39, 0.29) is 5.57 Å². The third-order valence-corrected chi connectivity index (χ3v) is 0.898. The second-order valence-corrected chi connectivity index (χ2v) is 1.60. The van der Waals surface area contributed by atoms with E-state index < -0.39 is 5.97 Å². The average Bonchev–Trinajstić information content (AvgIpc) is 1.64. The number of carbonyl (C=O) groups is 1. The van der Waals surface area contributed by atoms with Crippen molar-refractivity contribution < 1.29 is 9.90 Å². The molecule has 2 N–H and O–H groups in total. The van der Waals surface area contributed by atoms with E-state index in [1.807, 2.05) is 0 Å². The van der Waals surface area contributed by atoms with Gasteiger partial charge in [-0.3, -0.25) is 0 Å². The quantitative estimate of drug-likeness (QED) is 0.444. The second kappa shape index (κ2) is 2.35. The molecule has 46 valence electrons. The molecule has 0 atom stereocenters. The third kappa shape index (κ3) is 1.64. The van der Waals surface area contributed by atoms with Crippen molar-refractivity contribution >= 4 is 5.97 Å². The lowest BCUT2D eigenvalue weighted by molar-refractivity contribution is -0.299. The molecule has 0 heterocycles. The number of carboxylic acid groups (broad SMARTS) is 1. The van der Waals surface area contributed by atoms with Crippen molar-refractivity contribution in [2.45, 2.75) is 13.8 Å². The largest absolute Gasteiger partial charge is 0.545 e. The molecular weight excluding hydrogens is 106 g/mol. The minimum atomic E-state index is -1.20. The molecule has 0 aromatic heterocycles. The summed E-state index contributed by atoms with van der Waals surface area (Å²) >= 11 is 0. The molecule has 0 aromatic carbocycles. The monoisotopic (exact) mass is 114 g/mol. The Kier molecular flexibility index (Phi) is 2.06. The van der Waals surface area contributed by atoms with Crippen LogP contribution in [-0.4, -0.2) is 5.97 Å². The third-order valence-electron chi connectivity index (χ3n) is 0.898. The van der Waals surface area contributed by atoms with Crippen molar-refractivity contribution in [3.8, 4) is 0 Å². The van der Waals surface area contributed by atoms with Crippen molar-refractivity contribution in [3.05, 3.63) is 11.3 Å². The van der Waals surface area contributed by atoms with Gasteiger partial charge in [0.25, 0.3) is 0 Å². The van der Waals surface area contributed by atoms with E-state index in [1.54, 1.807) is 0 Å². The van der Waals surface area contributed by atoms with Crippen molar-refractivity contribution in [3.63, 3.8) is 0 Å². The van der Waals surface area contributed by atoms with Crippen LogP contribution in [0.15, 0.2) is 11.3 Å². The van der Waals surface area contributed by atoms with Crippen LogP contribution < -0.4 is 10.8 Å². The summed E-state index contributed by atoms with van der Waals surface area (Å²) in [6.45, 7) is 2.93. The highest BCUT2D eigenvalue weighted by Gasteiger charge is 1.89. The predicted molar refractivity (Wildman–Crippen MR) is 27.6 cm³/mol. The van der Waals surface area contributed by atoms with E-state index in [4.69, 9.17) is 5.73 Å². The zero-order chi connectivity index (χ0) is 6.73. The lowest BCUT2D eigenvalue weighted by atomic mass is 10.2. The van der Waals surface area contributed by atoms with E-state index >= 15 is 0 Å². The van der Waals surface area contributed by atoms with Gasteiger partial charge in [-0.15, -0.1) is 0 Å². The molecule has 0 aromatic rings. The molecule has 0 aliphatic heterocycles. The highest BCUT2D eigenvalue weighted by atomic mass is 16.4. The highest BCUT2D eigenvalue weighted by molar-refractivity contribution is 5.84. The maximum absolute atomic E-state index is 9.89. The van der Waals surface area contributed by atoms with Crippen LogP contribution in [0, 0.1) is 0 Å². The van der Waals surface area contributed by atoms with Gasteiger partial charge < -0.3 is 15.6 Å². The number of nitrogens with two attached hydrogens (primary N) is 1. The Morgan fingerprint density at radius 2 is 1.88 bits per heavy atom. The van der Waals surface area contributed by atoms with Gasteiger partial charge in [-0.2, -0.15) is 0 Å². The first-order valence-electron chi connectivity index (χ1n) is 2.20. The van der Waals surface area contributed by atoms with Gasteiger partial charge in [0.2, 0.25) is 0 Å². The van der Waals surface area contributed by atoms with Crippen LogP contribution in [0.2, 0.25) is 0 Å². The predicted octanol–water partition coefficient (Wildman–Crippen LogP) is -1.01. The van der Waals surface area contributed by atoms with Crippen molar-refractivity contribution in [2.75, 3.05) is 0 Å². The summed E-state index contributed by atoms with van der Waals surface area (Å²) in [5, 5.41) is 9.89. The second-order valence-electron chi connectivity index (χ2n) is 1.60. The van der Waals surface area contributed by atoms with Gasteiger partial charge in [0, 0.05) is 5.70 Å². The Morgan fingerprint density at radius 3 is 1.88 bits per heavy atom. The minimum Gasteiger partial charge on any atom is -0.545 e. The molecule has 3 nitrogen and oxygen atoms in total. The maximum Gasteiger partial charge on any atom is 0.0689 e. The van der Waals surface area contributed by atoms with Gasteiger partial charge in [0.1, 0.15) is 0 Å². The number of rotatable bonds is 1. The van der Waals surface area contributed by atoms with Crippen LogP contribution in [0.3, 0.4) is 0 Å². The molecule has 0 fully saturated rings. The Hall–Kier alpha value is -0.990. The van der Waals surface area contributed by atoms with Crippen molar-refractivity contribution in [1.29, 1.82) is 0 Å². The fraction of sp³-hybridized carbons (Fsp3) is 0.400. The van der Waals surface area contributed by atoms with Crippen LogP contribution in [0.25, 0.3) is 0 Å². The lowest BCUT2D eigenvalue weighted by Gasteiger charge is -2.01. The van der Waals surface area contributed by atoms with Crippen LogP contribution >= 0.6 is 0 Å². The molecule has 0 saturated carbocycles. The summed E-state index contributed by atoms with van der Waals surface area (Å²) in [5.41, 5.74) is 5.49. The van der Waals surface area contributed by atoms with E-state index in [0.717, 1.165) is 0 Å². The average molecular weight is 114 g/mol. The van der Waals surface area contributed by atoms with Gasteiger partial charge in [-0.05, 0) is 19.4 Å². The lowest BCUT2D eigenvalue weighted by Crippen LogP contribution is -2.25. The van der Waals surface area contributed by atoms with Gasteiger partial charge in [0.05, 0.1) is 5.97 Å². The smallest absolute Gasteiger partial charge is 0.0689 e. The molecule has 0 unspecified atom stereocenters. The zero-order valence-electron chi connectivity index (χ0n) is 4.89. The summed E-state index contributed by atoms with van der Waals surface area (Å²) < 4.78 is 0. The normalized spacial score (nSPS) is 12.8. The van der Waals surface area contributed by atoms with E-state index in [1.165, 1.54) is 13.8 Å². The van der Waals surface area contributed by atoms with Crippen molar-refractivity contribution in [2.24, 2.45) is 5.73 Å². The fourth-order valence-corrected chi connectivity index (χ4v) is 0.161. The summed E-state index contributed by atoms with van der Waals surface area (Å²) in [6, 6.07) is 0. The highest BCUT2D eigenvalue weighted by Crippen LogP contribution is 1.92. The van der Waals surface area contributed by atoms with Crippen LogP contribution in [0.5, 0.6) is 0 Å². The van der Waals surface area contributed by atoms with E-state index in [2.05, 4.69) is 0 Å². The first-order chi connectivity index (χ1) is 3.55. The minimum absolute atomic E-state index is 0.102. The number of carbonyl (C=O) groups excluding carboxylic acids is 1. The van der Waals surface area contributed by atoms with Gasteiger partial charge in [0.15, 0.2) is 0 Å². The molecule has 3 heteroatoms. The molecule has 0 radical (unpaired) electrons.